The molecule has 3 nitrogen and oxygen atoms in total. The zero-order valence-electron chi connectivity index (χ0n) is 7.37. The van der Waals surface area contributed by atoms with Gasteiger partial charge in [-0.15, -0.1) is 12.6 Å². The van der Waals surface area contributed by atoms with Crippen molar-refractivity contribution in [2.75, 3.05) is 7.11 Å². The third-order valence-corrected chi connectivity index (χ3v) is 2.11. The van der Waals surface area contributed by atoms with Crippen molar-refractivity contribution in [3.63, 3.8) is 0 Å². The summed E-state index contributed by atoms with van der Waals surface area (Å²) in [6.45, 7) is 1.80. The third-order valence-electron chi connectivity index (χ3n) is 1.67. The Balaban J connectivity index is 3.43. The third kappa shape index (κ3) is 5.18. The van der Waals surface area contributed by atoms with E-state index in [9.17, 15) is 9.59 Å². The molecule has 0 aliphatic heterocycles. The molecule has 0 spiro atoms. The number of methoxy groups -OCH3 is 1. The highest BCUT2D eigenvalue weighted by Crippen LogP contribution is 2.10. The number of rotatable bonds is 5. The molecular weight excluding hydrogens is 176 g/mol. The van der Waals surface area contributed by atoms with Crippen LogP contribution < -0.4 is 0 Å². The van der Waals surface area contributed by atoms with Crippen LogP contribution in [0.3, 0.4) is 0 Å². The molecule has 0 bridgehead atoms. The molecule has 0 N–H and O–H groups in total. The standard InChI is InChI=1S/C8H14O3S/c1-6(8(10)12)4-3-5-7(9)11-2/h6H,3-5H2,1-2H3,(H,10,12). The van der Waals surface area contributed by atoms with Crippen LogP contribution in [0.2, 0.25) is 0 Å². The van der Waals surface area contributed by atoms with Crippen molar-refractivity contribution < 1.29 is 14.3 Å². The van der Waals surface area contributed by atoms with Crippen LogP contribution in [0.25, 0.3) is 0 Å². The topological polar surface area (TPSA) is 43.4 Å². The van der Waals surface area contributed by atoms with Crippen molar-refractivity contribution in [3.05, 3.63) is 0 Å². The first kappa shape index (κ1) is 11.5. The van der Waals surface area contributed by atoms with Gasteiger partial charge in [0.25, 0.3) is 0 Å². The summed E-state index contributed by atoms with van der Waals surface area (Å²) in [4.78, 5) is 21.3. The largest absolute Gasteiger partial charge is 0.469 e. The smallest absolute Gasteiger partial charge is 0.305 e. The molecule has 0 heterocycles. The number of carbonyl (C=O) groups is 2. The van der Waals surface area contributed by atoms with Crippen LogP contribution in [-0.4, -0.2) is 18.2 Å². The first-order valence-electron chi connectivity index (χ1n) is 3.87. The summed E-state index contributed by atoms with van der Waals surface area (Å²) in [5.74, 6) is -0.299. The van der Waals surface area contributed by atoms with Gasteiger partial charge in [0.15, 0.2) is 5.12 Å². The van der Waals surface area contributed by atoms with Crippen molar-refractivity contribution in [3.8, 4) is 0 Å². The van der Waals surface area contributed by atoms with Crippen LogP contribution in [0.15, 0.2) is 0 Å². The molecule has 4 heteroatoms. The molecule has 0 aromatic rings. The van der Waals surface area contributed by atoms with E-state index in [1.807, 2.05) is 0 Å². The van der Waals surface area contributed by atoms with Gasteiger partial charge in [0.05, 0.1) is 7.11 Å². The van der Waals surface area contributed by atoms with E-state index in [4.69, 9.17) is 0 Å². The van der Waals surface area contributed by atoms with Gasteiger partial charge in [0, 0.05) is 12.3 Å². The quantitative estimate of drug-likeness (QED) is 0.526. The molecular formula is C8H14O3S. The molecule has 0 saturated heterocycles. The molecule has 0 aromatic heterocycles. The van der Waals surface area contributed by atoms with E-state index in [0.29, 0.717) is 19.3 Å². The Morgan fingerprint density at radius 1 is 1.50 bits per heavy atom. The molecule has 0 aliphatic carbocycles. The van der Waals surface area contributed by atoms with Gasteiger partial charge in [0.1, 0.15) is 0 Å². The van der Waals surface area contributed by atoms with Crippen molar-refractivity contribution in [2.24, 2.45) is 5.92 Å². The fraction of sp³-hybridized carbons (Fsp3) is 0.750. The number of carbonyl (C=O) groups excluding carboxylic acids is 2. The molecule has 1 atom stereocenters. The van der Waals surface area contributed by atoms with E-state index in [0.717, 1.165) is 0 Å². The van der Waals surface area contributed by atoms with Crippen LogP contribution in [0.5, 0.6) is 0 Å². The SMILES string of the molecule is COC(=O)CCCC(C)C(=O)S. The van der Waals surface area contributed by atoms with E-state index >= 15 is 0 Å². The molecule has 1 unspecified atom stereocenters. The van der Waals surface area contributed by atoms with Crippen molar-refractivity contribution in [1.82, 2.24) is 0 Å². The Bertz CT molecular complexity index is 168. The van der Waals surface area contributed by atoms with Crippen LogP contribution in [0, 0.1) is 5.92 Å². The summed E-state index contributed by atoms with van der Waals surface area (Å²) < 4.78 is 4.45. The zero-order valence-corrected chi connectivity index (χ0v) is 8.27. The van der Waals surface area contributed by atoms with Gasteiger partial charge in [0.2, 0.25) is 0 Å². The van der Waals surface area contributed by atoms with Gasteiger partial charge in [-0.25, -0.2) is 0 Å². The van der Waals surface area contributed by atoms with Crippen molar-refractivity contribution in [2.45, 2.75) is 26.2 Å². The zero-order chi connectivity index (χ0) is 9.56. The average molecular weight is 190 g/mol. The fourth-order valence-corrected chi connectivity index (χ4v) is 0.907. The minimum Gasteiger partial charge on any atom is -0.469 e. The summed E-state index contributed by atoms with van der Waals surface area (Å²) in [5, 5.41) is -0.125. The molecule has 0 aromatic carbocycles. The number of thiol groups is 1. The number of esters is 1. The predicted molar refractivity (Wildman–Crippen MR) is 49.0 cm³/mol. The lowest BCUT2D eigenvalue weighted by Gasteiger charge is -2.04. The Morgan fingerprint density at radius 3 is 2.50 bits per heavy atom. The fourth-order valence-electron chi connectivity index (χ4n) is 0.778. The van der Waals surface area contributed by atoms with Gasteiger partial charge in [-0.3, -0.25) is 9.59 Å². The van der Waals surface area contributed by atoms with Gasteiger partial charge in [-0.1, -0.05) is 6.92 Å². The molecule has 0 rings (SSSR count). The molecule has 0 saturated carbocycles. The normalized spacial score (nSPS) is 12.2. The van der Waals surface area contributed by atoms with Gasteiger partial charge in [-0.05, 0) is 12.8 Å². The minimum atomic E-state index is -0.228. The Labute approximate surface area is 77.9 Å². The highest BCUT2D eigenvalue weighted by Gasteiger charge is 2.09. The summed E-state index contributed by atoms with van der Waals surface area (Å²) >= 11 is 3.69. The van der Waals surface area contributed by atoms with E-state index in [1.165, 1.54) is 7.11 Å². The number of hydrogen-bond donors (Lipinski definition) is 1. The van der Waals surface area contributed by atoms with Crippen LogP contribution in [0.1, 0.15) is 26.2 Å². The van der Waals surface area contributed by atoms with E-state index in [1.54, 1.807) is 6.92 Å². The predicted octanol–water partition coefficient (Wildman–Crippen LogP) is 1.42. The summed E-state index contributed by atoms with van der Waals surface area (Å²) in [5.41, 5.74) is 0. The highest BCUT2D eigenvalue weighted by molar-refractivity contribution is 7.96. The monoisotopic (exact) mass is 190 g/mol. The van der Waals surface area contributed by atoms with E-state index in [2.05, 4.69) is 17.4 Å². The van der Waals surface area contributed by atoms with Gasteiger partial charge < -0.3 is 4.74 Å². The maximum atomic E-state index is 10.6. The molecule has 12 heavy (non-hydrogen) atoms. The van der Waals surface area contributed by atoms with Gasteiger partial charge >= 0.3 is 5.97 Å². The maximum Gasteiger partial charge on any atom is 0.305 e. The maximum absolute atomic E-state index is 10.6. The lowest BCUT2D eigenvalue weighted by Crippen LogP contribution is -2.06. The lowest BCUT2D eigenvalue weighted by atomic mass is 10.1. The molecule has 0 aliphatic rings. The number of ether oxygens (including phenoxy) is 1. The molecule has 0 radical (unpaired) electrons. The highest BCUT2D eigenvalue weighted by atomic mass is 32.1. The summed E-state index contributed by atoms with van der Waals surface area (Å²) in [6, 6.07) is 0. The molecule has 0 amide bonds. The second-order valence-corrected chi connectivity index (χ2v) is 3.15. The second-order valence-electron chi connectivity index (χ2n) is 2.71. The first-order chi connectivity index (χ1) is 5.57. The van der Waals surface area contributed by atoms with Crippen LogP contribution in [-0.2, 0) is 14.3 Å². The van der Waals surface area contributed by atoms with Crippen LogP contribution >= 0.6 is 12.6 Å². The second kappa shape index (κ2) is 6.06. The summed E-state index contributed by atoms with van der Waals surface area (Å²) in [7, 11) is 1.36. The van der Waals surface area contributed by atoms with Gasteiger partial charge in [-0.2, -0.15) is 0 Å². The Kier molecular flexibility index (Phi) is 5.80. The van der Waals surface area contributed by atoms with Crippen molar-refractivity contribution in [1.29, 1.82) is 0 Å². The number of hydrogen-bond acceptors (Lipinski definition) is 3. The van der Waals surface area contributed by atoms with E-state index < -0.39 is 0 Å². The Hall–Kier alpha value is -0.510. The first-order valence-corrected chi connectivity index (χ1v) is 4.32. The molecule has 0 fully saturated rings. The van der Waals surface area contributed by atoms with E-state index in [-0.39, 0.29) is 17.0 Å². The lowest BCUT2D eigenvalue weighted by molar-refractivity contribution is -0.140. The van der Waals surface area contributed by atoms with Crippen LogP contribution in [0.4, 0.5) is 0 Å². The Morgan fingerprint density at radius 2 is 2.08 bits per heavy atom. The van der Waals surface area contributed by atoms with Crippen molar-refractivity contribution >= 4 is 23.7 Å². The molecule has 70 valence electrons. The minimum absolute atomic E-state index is 0.0713. The average Bonchev–Trinajstić information content (AvgIpc) is 2.03. The summed E-state index contributed by atoms with van der Waals surface area (Å²) in [6.07, 6.45) is 1.75.